The molecule has 2 N–H and O–H groups in total. The highest BCUT2D eigenvalue weighted by atomic mass is 16.5. The van der Waals surface area contributed by atoms with Gasteiger partial charge in [0, 0.05) is 26.7 Å². The summed E-state index contributed by atoms with van der Waals surface area (Å²) in [6.07, 6.45) is 1.98. The Morgan fingerprint density at radius 1 is 1.29 bits per heavy atom. The number of aromatic amines is 1. The second kappa shape index (κ2) is 6.37. The summed E-state index contributed by atoms with van der Waals surface area (Å²) in [5, 5.41) is 3.37. The maximum atomic E-state index is 4.99. The van der Waals surface area contributed by atoms with Gasteiger partial charge in [0.1, 0.15) is 5.82 Å². The SMILES string of the molecule is COCCCNCCc1nc2ccccc2[nH]1. The molecule has 0 aliphatic carbocycles. The van der Waals surface area contributed by atoms with Crippen molar-refractivity contribution in [1.82, 2.24) is 15.3 Å². The van der Waals surface area contributed by atoms with Crippen LogP contribution in [0.3, 0.4) is 0 Å². The van der Waals surface area contributed by atoms with E-state index in [0.29, 0.717) is 0 Å². The third-order valence-corrected chi connectivity index (χ3v) is 2.68. The van der Waals surface area contributed by atoms with E-state index in [1.807, 2.05) is 18.2 Å². The highest BCUT2D eigenvalue weighted by Crippen LogP contribution is 2.10. The van der Waals surface area contributed by atoms with Crippen LogP contribution in [0.25, 0.3) is 11.0 Å². The molecule has 0 atom stereocenters. The molecule has 1 heterocycles. The Morgan fingerprint density at radius 2 is 2.18 bits per heavy atom. The Kier molecular flexibility index (Phi) is 4.53. The fraction of sp³-hybridized carbons (Fsp3) is 0.462. The lowest BCUT2D eigenvalue weighted by molar-refractivity contribution is 0.194. The molecule has 0 bridgehead atoms. The topological polar surface area (TPSA) is 49.9 Å². The second-order valence-corrected chi connectivity index (χ2v) is 4.05. The average Bonchev–Trinajstić information content (AvgIpc) is 2.76. The molecule has 0 unspecified atom stereocenters. The predicted molar refractivity (Wildman–Crippen MR) is 69.2 cm³/mol. The Hall–Kier alpha value is -1.39. The van der Waals surface area contributed by atoms with Gasteiger partial charge >= 0.3 is 0 Å². The molecule has 1 aromatic heterocycles. The molecule has 4 heteroatoms. The summed E-state index contributed by atoms with van der Waals surface area (Å²) in [6.45, 7) is 2.76. The quantitative estimate of drug-likeness (QED) is 0.716. The first-order valence-corrected chi connectivity index (χ1v) is 6.03. The van der Waals surface area contributed by atoms with Crippen LogP contribution < -0.4 is 5.32 Å². The molecule has 17 heavy (non-hydrogen) atoms. The summed E-state index contributed by atoms with van der Waals surface area (Å²) < 4.78 is 4.99. The van der Waals surface area contributed by atoms with Crippen molar-refractivity contribution in [2.45, 2.75) is 12.8 Å². The fourth-order valence-electron chi connectivity index (χ4n) is 1.80. The van der Waals surface area contributed by atoms with Gasteiger partial charge < -0.3 is 15.0 Å². The summed E-state index contributed by atoms with van der Waals surface area (Å²) in [5.41, 5.74) is 2.16. The number of imidazole rings is 1. The van der Waals surface area contributed by atoms with Crippen LogP contribution in [0.1, 0.15) is 12.2 Å². The first-order valence-electron chi connectivity index (χ1n) is 6.03. The maximum absolute atomic E-state index is 4.99. The molecule has 0 fully saturated rings. The van der Waals surface area contributed by atoms with E-state index in [9.17, 15) is 0 Å². The lowest BCUT2D eigenvalue weighted by Crippen LogP contribution is -2.19. The van der Waals surface area contributed by atoms with Crippen molar-refractivity contribution in [3.8, 4) is 0 Å². The van der Waals surface area contributed by atoms with Gasteiger partial charge in [0.2, 0.25) is 0 Å². The van der Waals surface area contributed by atoms with Crippen molar-refractivity contribution < 1.29 is 4.74 Å². The average molecular weight is 233 g/mol. The molecular weight excluding hydrogens is 214 g/mol. The molecule has 2 rings (SSSR count). The van der Waals surface area contributed by atoms with E-state index < -0.39 is 0 Å². The Bertz CT molecular complexity index is 420. The molecule has 0 aliphatic rings. The van der Waals surface area contributed by atoms with Crippen LogP contribution in [-0.4, -0.2) is 36.8 Å². The number of ether oxygens (including phenoxy) is 1. The Balaban J connectivity index is 1.75. The van der Waals surface area contributed by atoms with Gasteiger partial charge in [0.15, 0.2) is 0 Å². The highest BCUT2D eigenvalue weighted by Gasteiger charge is 2.00. The van der Waals surface area contributed by atoms with Crippen LogP contribution in [0.4, 0.5) is 0 Å². The summed E-state index contributed by atoms with van der Waals surface area (Å²) >= 11 is 0. The van der Waals surface area contributed by atoms with E-state index in [4.69, 9.17) is 4.74 Å². The first kappa shape index (κ1) is 12.1. The number of hydrogen-bond acceptors (Lipinski definition) is 3. The Labute approximate surface area is 101 Å². The van der Waals surface area contributed by atoms with Gasteiger partial charge in [0.25, 0.3) is 0 Å². The van der Waals surface area contributed by atoms with Crippen molar-refractivity contribution in [1.29, 1.82) is 0 Å². The zero-order chi connectivity index (χ0) is 11.9. The zero-order valence-electron chi connectivity index (χ0n) is 10.2. The van der Waals surface area contributed by atoms with E-state index in [2.05, 4.69) is 21.4 Å². The maximum Gasteiger partial charge on any atom is 0.108 e. The van der Waals surface area contributed by atoms with Gasteiger partial charge in [-0.3, -0.25) is 0 Å². The van der Waals surface area contributed by atoms with E-state index in [0.717, 1.165) is 49.4 Å². The fourth-order valence-corrected chi connectivity index (χ4v) is 1.80. The van der Waals surface area contributed by atoms with Gasteiger partial charge in [-0.05, 0) is 25.1 Å². The smallest absolute Gasteiger partial charge is 0.108 e. The van der Waals surface area contributed by atoms with Crippen molar-refractivity contribution in [3.05, 3.63) is 30.1 Å². The number of H-pyrrole nitrogens is 1. The molecule has 0 radical (unpaired) electrons. The van der Waals surface area contributed by atoms with E-state index in [1.165, 1.54) is 0 Å². The van der Waals surface area contributed by atoms with Gasteiger partial charge in [-0.15, -0.1) is 0 Å². The van der Waals surface area contributed by atoms with E-state index in [1.54, 1.807) is 7.11 Å². The first-order chi connectivity index (χ1) is 8.40. The lowest BCUT2D eigenvalue weighted by atomic mass is 10.3. The monoisotopic (exact) mass is 233 g/mol. The van der Waals surface area contributed by atoms with E-state index in [-0.39, 0.29) is 0 Å². The van der Waals surface area contributed by atoms with Crippen molar-refractivity contribution in [2.75, 3.05) is 26.8 Å². The molecule has 1 aromatic carbocycles. The normalized spacial score (nSPS) is 11.1. The predicted octanol–water partition coefficient (Wildman–Crippen LogP) is 1.73. The molecule has 0 saturated heterocycles. The standard InChI is InChI=1S/C13H19N3O/c1-17-10-4-8-14-9-7-13-15-11-5-2-3-6-12(11)16-13/h2-3,5-6,14H,4,7-10H2,1H3,(H,15,16). The third kappa shape index (κ3) is 3.54. The minimum atomic E-state index is 0.817. The number of methoxy groups -OCH3 is 1. The van der Waals surface area contributed by atoms with Crippen LogP contribution >= 0.6 is 0 Å². The summed E-state index contributed by atoms with van der Waals surface area (Å²) in [6, 6.07) is 8.11. The zero-order valence-corrected chi connectivity index (χ0v) is 10.2. The van der Waals surface area contributed by atoms with Gasteiger partial charge in [-0.2, -0.15) is 0 Å². The van der Waals surface area contributed by atoms with Crippen molar-refractivity contribution >= 4 is 11.0 Å². The molecule has 0 saturated carbocycles. The van der Waals surface area contributed by atoms with Crippen LogP contribution in [0.2, 0.25) is 0 Å². The number of aromatic nitrogens is 2. The number of nitrogens with one attached hydrogen (secondary N) is 2. The summed E-state index contributed by atoms with van der Waals surface area (Å²) in [4.78, 5) is 7.85. The molecule has 0 spiro atoms. The Morgan fingerprint density at radius 3 is 3.00 bits per heavy atom. The minimum Gasteiger partial charge on any atom is -0.385 e. The molecule has 4 nitrogen and oxygen atoms in total. The number of benzene rings is 1. The third-order valence-electron chi connectivity index (χ3n) is 2.68. The summed E-state index contributed by atoms with van der Waals surface area (Å²) in [7, 11) is 1.73. The van der Waals surface area contributed by atoms with Crippen LogP contribution in [0.15, 0.2) is 24.3 Å². The van der Waals surface area contributed by atoms with Crippen LogP contribution in [0, 0.1) is 0 Å². The number of nitrogens with zero attached hydrogens (tertiary/aromatic N) is 1. The number of fused-ring (bicyclic) bond motifs is 1. The van der Waals surface area contributed by atoms with Gasteiger partial charge in [-0.1, -0.05) is 12.1 Å². The van der Waals surface area contributed by atoms with Crippen molar-refractivity contribution in [2.24, 2.45) is 0 Å². The molecular formula is C13H19N3O. The van der Waals surface area contributed by atoms with Gasteiger partial charge in [0.05, 0.1) is 11.0 Å². The van der Waals surface area contributed by atoms with Crippen LogP contribution in [-0.2, 0) is 11.2 Å². The summed E-state index contributed by atoms with van der Waals surface area (Å²) in [5.74, 6) is 1.05. The van der Waals surface area contributed by atoms with Crippen molar-refractivity contribution in [3.63, 3.8) is 0 Å². The molecule has 0 amide bonds. The van der Waals surface area contributed by atoms with Gasteiger partial charge in [-0.25, -0.2) is 4.98 Å². The molecule has 0 aliphatic heterocycles. The number of rotatable bonds is 7. The lowest BCUT2D eigenvalue weighted by Gasteiger charge is -2.02. The number of hydrogen-bond donors (Lipinski definition) is 2. The van der Waals surface area contributed by atoms with E-state index >= 15 is 0 Å². The molecule has 92 valence electrons. The largest absolute Gasteiger partial charge is 0.385 e. The highest BCUT2D eigenvalue weighted by molar-refractivity contribution is 5.74. The minimum absolute atomic E-state index is 0.817. The number of para-hydroxylation sites is 2. The second-order valence-electron chi connectivity index (χ2n) is 4.05. The van der Waals surface area contributed by atoms with Crippen LogP contribution in [0.5, 0.6) is 0 Å². The molecule has 2 aromatic rings.